The minimum absolute atomic E-state index is 0.913. The Morgan fingerprint density at radius 3 is 2.50 bits per heavy atom. The molecule has 1 N–H and O–H groups in total. The van der Waals surface area contributed by atoms with E-state index < -0.39 is 0 Å². The molecule has 1 aromatic heterocycles. The molecule has 0 bridgehead atoms. The number of hydrogen-bond donors (Lipinski definition) is 1. The zero-order valence-electron chi connectivity index (χ0n) is 6.38. The van der Waals surface area contributed by atoms with Crippen molar-refractivity contribution >= 4 is 38.1 Å². The first kappa shape index (κ1) is 9.67. The van der Waals surface area contributed by atoms with Crippen LogP contribution in [0, 0.1) is 0 Å². The molecule has 0 radical (unpaired) electrons. The summed E-state index contributed by atoms with van der Waals surface area (Å²) in [5.41, 5.74) is 3.65. The van der Waals surface area contributed by atoms with E-state index in [1.807, 2.05) is 0 Å². The van der Waals surface area contributed by atoms with Gasteiger partial charge in [0.25, 0.3) is 0 Å². The molecule has 0 aromatic carbocycles. The van der Waals surface area contributed by atoms with E-state index in [1.54, 1.807) is 25.7 Å². The molecule has 1 rings (SSSR count). The summed E-state index contributed by atoms with van der Waals surface area (Å²) >= 11 is 6.73. The number of pyridine rings is 1. The van der Waals surface area contributed by atoms with Crippen molar-refractivity contribution in [1.29, 1.82) is 0 Å². The number of rotatable bonds is 2. The van der Waals surface area contributed by atoms with Gasteiger partial charge in [0.1, 0.15) is 0 Å². The van der Waals surface area contributed by atoms with Crippen LogP contribution in [0.15, 0.2) is 26.4 Å². The monoisotopic (exact) mass is 291 g/mol. The van der Waals surface area contributed by atoms with Crippen LogP contribution in [-0.2, 0) is 0 Å². The van der Waals surface area contributed by atoms with Crippen molar-refractivity contribution in [3.63, 3.8) is 0 Å². The number of halogens is 2. The minimum atomic E-state index is 0.913. The molecule has 0 spiro atoms. The SMILES string of the molecule is CN/N=C/c1c(Br)cncc1Br. The Morgan fingerprint density at radius 2 is 2.00 bits per heavy atom. The van der Waals surface area contributed by atoms with Crippen LogP contribution >= 0.6 is 31.9 Å². The average molecular weight is 293 g/mol. The third-order valence-corrected chi connectivity index (χ3v) is 2.48. The Hall–Kier alpha value is -0.420. The van der Waals surface area contributed by atoms with Crippen LogP contribution in [0.25, 0.3) is 0 Å². The Labute approximate surface area is 87.5 Å². The first-order valence-electron chi connectivity index (χ1n) is 3.24. The van der Waals surface area contributed by atoms with Gasteiger partial charge < -0.3 is 5.43 Å². The maximum atomic E-state index is 3.98. The first-order valence-corrected chi connectivity index (χ1v) is 4.83. The maximum absolute atomic E-state index is 3.98. The van der Waals surface area contributed by atoms with Gasteiger partial charge in [-0.3, -0.25) is 4.98 Å². The summed E-state index contributed by atoms with van der Waals surface area (Å²) in [7, 11) is 1.75. The molecule has 0 fully saturated rings. The molecule has 0 saturated heterocycles. The Bertz CT molecular complexity index is 278. The van der Waals surface area contributed by atoms with Gasteiger partial charge in [0.05, 0.1) is 6.21 Å². The highest BCUT2D eigenvalue weighted by Crippen LogP contribution is 2.21. The predicted octanol–water partition coefficient (Wildman–Crippen LogP) is 2.16. The quantitative estimate of drug-likeness (QED) is 0.670. The number of nitrogens with one attached hydrogen (secondary N) is 1. The second kappa shape index (κ2) is 4.57. The normalized spacial score (nSPS) is 10.6. The predicted molar refractivity (Wildman–Crippen MR) is 56.3 cm³/mol. The van der Waals surface area contributed by atoms with Gasteiger partial charge in [0.15, 0.2) is 0 Å². The lowest BCUT2D eigenvalue weighted by atomic mass is 10.3. The maximum Gasteiger partial charge on any atom is 0.0564 e. The third kappa shape index (κ3) is 2.28. The largest absolute Gasteiger partial charge is 0.313 e. The molecule has 0 aliphatic carbocycles. The molecule has 12 heavy (non-hydrogen) atoms. The molecule has 0 aliphatic heterocycles. The van der Waals surface area contributed by atoms with Crippen LogP contribution in [0.3, 0.4) is 0 Å². The van der Waals surface area contributed by atoms with E-state index in [2.05, 4.69) is 47.4 Å². The summed E-state index contributed by atoms with van der Waals surface area (Å²) < 4.78 is 1.83. The summed E-state index contributed by atoms with van der Waals surface area (Å²) in [4.78, 5) is 3.98. The number of nitrogens with zero attached hydrogens (tertiary/aromatic N) is 2. The van der Waals surface area contributed by atoms with Crippen molar-refractivity contribution in [2.24, 2.45) is 5.10 Å². The highest BCUT2D eigenvalue weighted by atomic mass is 79.9. The molecule has 0 atom stereocenters. The number of hydrogen-bond acceptors (Lipinski definition) is 3. The topological polar surface area (TPSA) is 37.3 Å². The highest BCUT2D eigenvalue weighted by molar-refractivity contribution is 9.11. The van der Waals surface area contributed by atoms with Crippen LogP contribution in [0.4, 0.5) is 0 Å². The fourth-order valence-electron chi connectivity index (χ4n) is 0.674. The van der Waals surface area contributed by atoms with E-state index >= 15 is 0 Å². The smallest absolute Gasteiger partial charge is 0.0564 e. The van der Waals surface area contributed by atoms with E-state index in [-0.39, 0.29) is 0 Å². The highest BCUT2D eigenvalue weighted by Gasteiger charge is 2.01. The van der Waals surface area contributed by atoms with Crippen LogP contribution in [0.5, 0.6) is 0 Å². The summed E-state index contributed by atoms with van der Waals surface area (Å²) in [5, 5.41) is 3.90. The fourth-order valence-corrected chi connectivity index (χ4v) is 1.81. The summed E-state index contributed by atoms with van der Waals surface area (Å²) in [6, 6.07) is 0. The van der Waals surface area contributed by atoms with Crippen molar-refractivity contribution in [2.45, 2.75) is 0 Å². The molecule has 64 valence electrons. The van der Waals surface area contributed by atoms with Gasteiger partial charge in [0.2, 0.25) is 0 Å². The van der Waals surface area contributed by atoms with Gasteiger partial charge >= 0.3 is 0 Å². The molecular weight excluding hydrogens is 286 g/mol. The first-order chi connectivity index (χ1) is 5.75. The molecule has 1 aromatic rings. The van der Waals surface area contributed by atoms with Gasteiger partial charge in [-0.15, -0.1) is 0 Å². The Kier molecular flexibility index (Phi) is 3.68. The number of aromatic nitrogens is 1. The van der Waals surface area contributed by atoms with Crippen molar-refractivity contribution in [3.8, 4) is 0 Å². The summed E-state index contributed by atoms with van der Waals surface area (Å²) in [6.45, 7) is 0. The molecule has 5 heteroatoms. The molecule has 1 heterocycles. The standard InChI is InChI=1S/C7H7Br2N3/c1-10-12-2-5-6(8)3-11-4-7(5)9/h2-4,10H,1H3/b12-2+. The summed E-state index contributed by atoms with van der Waals surface area (Å²) in [6.07, 6.45) is 5.17. The second-order valence-corrected chi connectivity index (χ2v) is 3.71. The van der Waals surface area contributed by atoms with E-state index in [0.29, 0.717) is 0 Å². The second-order valence-electron chi connectivity index (χ2n) is 2.00. The van der Waals surface area contributed by atoms with Gasteiger partial charge in [-0.25, -0.2) is 0 Å². The van der Waals surface area contributed by atoms with Crippen LogP contribution in [0.2, 0.25) is 0 Å². The van der Waals surface area contributed by atoms with E-state index in [1.165, 1.54) is 0 Å². The fraction of sp³-hybridized carbons (Fsp3) is 0.143. The van der Waals surface area contributed by atoms with E-state index in [4.69, 9.17) is 0 Å². The van der Waals surface area contributed by atoms with Crippen molar-refractivity contribution < 1.29 is 0 Å². The summed E-state index contributed by atoms with van der Waals surface area (Å²) in [5.74, 6) is 0. The van der Waals surface area contributed by atoms with Crippen LogP contribution < -0.4 is 5.43 Å². The molecule has 0 unspecified atom stereocenters. The van der Waals surface area contributed by atoms with Crippen molar-refractivity contribution in [2.75, 3.05) is 7.05 Å². The lowest BCUT2D eigenvalue weighted by Gasteiger charge is -1.99. The van der Waals surface area contributed by atoms with Gasteiger partial charge in [-0.1, -0.05) is 0 Å². The van der Waals surface area contributed by atoms with Gasteiger partial charge in [-0.05, 0) is 31.9 Å². The van der Waals surface area contributed by atoms with Gasteiger partial charge in [0, 0.05) is 34.0 Å². The van der Waals surface area contributed by atoms with Crippen molar-refractivity contribution in [1.82, 2.24) is 10.4 Å². The van der Waals surface area contributed by atoms with Crippen molar-refractivity contribution in [3.05, 3.63) is 26.9 Å². The molecular formula is C7H7Br2N3. The molecule has 0 amide bonds. The van der Waals surface area contributed by atoms with Gasteiger partial charge in [-0.2, -0.15) is 5.10 Å². The average Bonchev–Trinajstić information content (AvgIpc) is 2.04. The minimum Gasteiger partial charge on any atom is -0.313 e. The van der Waals surface area contributed by atoms with E-state index in [9.17, 15) is 0 Å². The van der Waals surface area contributed by atoms with Crippen LogP contribution in [-0.4, -0.2) is 18.2 Å². The molecule has 0 aliphatic rings. The molecule has 3 nitrogen and oxygen atoms in total. The zero-order chi connectivity index (χ0) is 8.97. The number of hydrazone groups is 1. The Morgan fingerprint density at radius 1 is 1.42 bits per heavy atom. The lowest BCUT2D eigenvalue weighted by Crippen LogP contribution is -1.96. The molecule has 0 saturated carbocycles. The Balaban J connectivity index is 3.04. The third-order valence-electron chi connectivity index (χ3n) is 1.21. The zero-order valence-corrected chi connectivity index (χ0v) is 9.55. The van der Waals surface area contributed by atoms with E-state index in [0.717, 1.165) is 14.5 Å². The lowest BCUT2D eigenvalue weighted by molar-refractivity contribution is 0.907. The van der Waals surface area contributed by atoms with Crippen LogP contribution in [0.1, 0.15) is 5.56 Å².